The molecule has 1 aliphatic heterocycles. The molecule has 128 valence electrons. The number of halogens is 1. The van der Waals surface area contributed by atoms with Gasteiger partial charge in [-0.25, -0.2) is 0 Å². The van der Waals surface area contributed by atoms with E-state index in [1.165, 1.54) is 5.56 Å². The second kappa shape index (κ2) is 8.41. The van der Waals surface area contributed by atoms with E-state index in [2.05, 4.69) is 31.7 Å². The summed E-state index contributed by atoms with van der Waals surface area (Å²) in [5.41, 5.74) is 2.03. The van der Waals surface area contributed by atoms with Crippen molar-refractivity contribution < 1.29 is 9.53 Å². The number of carbonyl (C=O) groups is 1. The Morgan fingerprint density at radius 3 is 2.92 bits per heavy atom. The van der Waals surface area contributed by atoms with Gasteiger partial charge in [0.05, 0.1) is 23.9 Å². The first kappa shape index (κ1) is 17.1. The second-order valence-electron chi connectivity index (χ2n) is 5.85. The van der Waals surface area contributed by atoms with Crippen LogP contribution in [0.3, 0.4) is 0 Å². The van der Waals surface area contributed by atoms with Gasteiger partial charge in [-0.1, -0.05) is 12.1 Å². The summed E-state index contributed by atoms with van der Waals surface area (Å²) in [5.74, 6) is 0.00661. The summed E-state index contributed by atoms with van der Waals surface area (Å²) < 4.78 is 8.25. The van der Waals surface area contributed by atoms with Crippen molar-refractivity contribution in [3.8, 4) is 0 Å². The number of hydrogen-bond donors (Lipinski definition) is 2. The maximum atomic E-state index is 12.1. The average Bonchev–Trinajstić information content (AvgIpc) is 3.00. The molecule has 6 nitrogen and oxygen atoms in total. The molecule has 1 aromatic heterocycles. The van der Waals surface area contributed by atoms with Crippen molar-refractivity contribution in [2.45, 2.75) is 25.4 Å². The van der Waals surface area contributed by atoms with Gasteiger partial charge in [0, 0.05) is 37.4 Å². The summed E-state index contributed by atoms with van der Waals surface area (Å²) >= 11 is 3.39. The molecule has 1 fully saturated rings. The Morgan fingerprint density at radius 1 is 1.42 bits per heavy atom. The maximum absolute atomic E-state index is 12.1. The number of benzene rings is 1. The molecular formula is C17H21BrN4O2. The van der Waals surface area contributed by atoms with Gasteiger partial charge in [0.2, 0.25) is 5.91 Å². The van der Waals surface area contributed by atoms with Gasteiger partial charge in [0.15, 0.2) is 0 Å². The van der Waals surface area contributed by atoms with Gasteiger partial charge in [-0.2, -0.15) is 5.10 Å². The SMILES string of the molecule is O=C(CC1COCCN1)Nc1ccc(CCn2cc(Br)cn2)cc1. The van der Waals surface area contributed by atoms with Crippen molar-refractivity contribution >= 4 is 27.5 Å². The monoisotopic (exact) mass is 392 g/mol. The lowest BCUT2D eigenvalue weighted by Gasteiger charge is -2.23. The molecule has 0 radical (unpaired) electrons. The Labute approximate surface area is 149 Å². The largest absolute Gasteiger partial charge is 0.378 e. The zero-order chi connectivity index (χ0) is 16.8. The number of ether oxygens (including phenoxy) is 1. The highest BCUT2D eigenvalue weighted by atomic mass is 79.9. The Balaban J connectivity index is 1.46. The number of nitrogens with one attached hydrogen (secondary N) is 2. The van der Waals surface area contributed by atoms with E-state index in [9.17, 15) is 4.79 Å². The minimum atomic E-state index is 0.00661. The summed E-state index contributed by atoms with van der Waals surface area (Å²) in [4.78, 5) is 12.1. The fourth-order valence-electron chi connectivity index (χ4n) is 2.65. The summed E-state index contributed by atoms with van der Waals surface area (Å²) in [6, 6.07) is 8.06. The smallest absolute Gasteiger partial charge is 0.226 e. The minimum Gasteiger partial charge on any atom is -0.378 e. The lowest BCUT2D eigenvalue weighted by molar-refractivity contribution is -0.117. The van der Waals surface area contributed by atoms with Crippen LogP contribution in [0.4, 0.5) is 5.69 Å². The van der Waals surface area contributed by atoms with Crippen molar-refractivity contribution in [1.29, 1.82) is 0 Å². The molecule has 2 aromatic rings. The second-order valence-corrected chi connectivity index (χ2v) is 6.76. The molecule has 3 rings (SSSR count). The molecule has 1 saturated heterocycles. The molecule has 7 heteroatoms. The highest BCUT2D eigenvalue weighted by Crippen LogP contribution is 2.12. The first-order chi connectivity index (χ1) is 11.7. The molecule has 0 bridgehead atoms. The number of morpholine rings is 1. The Bertz CT molecular complexity index is 665. The van der Waals surface area contributed by atoms with Gasteiger partial charge in [-0.15, -0.1) is 0 Å². The number of nitrogens with zero attached hydrogens (tertiary/aromatic N) is 2. The van der Waals surface area contributed by atoms with Crippen LogP contribution < -0.4 is 10.6 Å². The zero-order valence-corrected chi connectivity index (χ0v) is 15.0. The molecular weight excluding hydrogens is 372 g/mol. The van der Waals surface area contributed by atoms with E-state index in [1.807, 2.05) is 35.1 Å². The summed E-state index contributed by atoms with van der Waals surface area (Å²) in [6.07, 6.45) is 5.06. The Morgan fingerprint density at radius 2 is 2.25 bits per heavy atom. The van der Waals surface area contributed by atoms with Crippen molar-refractivity contribution in [2.24, 2.45) is 0 Å². The number of aryl methyl sites for hydroxylation is 2. The van der Waals surface area contributed by atoms with E-state index in [1.54, 1.807) is 6.20 Å². The van der Waals surface area contributed by atoms with Crippen LogP contribution in [0.15, 0.2) is 41.1 Å². The third kappa shape index (κ3) is 5.15. The minimum absolute atomic E-state index is 0.00661. The Hall–Kier alpha value is -1.70. The van der Waals surface area contributed by atoms with Gasteiger partial charge in [-0.3, -0.25) is 9.48 Å². The van der Waals surface area contributed by atoms with Crippen LogP contribution in [0.25, 0.3) is 0 Å². The van der Waals surface area contributed by atoms with Crippen LogP contribution in [0.1, 0.15) is 12.0 Å². The van der Waals surface area contributed by atoms with Crippen LogP contribution >= 0.6 is 15.9 Å². The van der Waals surface area contributed by atoms with Crippen LogP contribution in [0.2, 0.25) is 0 Å². The summed E-state index contributed by atoms with van der Waals surface area (Å²) in [5, 5.41) is 10.5. The normalized spacial score (nSPS) is 17.6. The zero-order valence-electron chi connectivity index (χ0n) is 13.4. The molecule has 2 N–H and O–H groups in total. The fourth-order valence-corrected chi connectivity index (χ4v) is 2.97. The molecule has 0 spiro atoms. The fraction of sp³-hybridized carbons (Fsp3) is 0.412. The molecule has 2 heterocycles. The standard InChI is InChI=1S/C17H21BrN4O2/c18-14-10-20-22(11-14)7-5-13-1-3-15(4-2-13)21-17(23)9-16-12-24-8-6-19-16/h1-4,10-11,16,19H,5-9,12H2,(H,21,23). The third-order valence-electron chi connectivity index (χ3n) is 3.90. The molecule has 1 aromatic carbocycles. The van der Waals surface area contributed by atoms with Crippen LogP contribution in [0, 0.1) is 0 Å². The maximum Gasteiger partial charge on any atom is 0.226 e. The quantitative estimate of drug-likeness (QED) is 0.790. The molecule has 1 unspecified atom stereocenters. The lowest BCUT2D eigenvalue weighted by Crippen LogP contribution is -2.43. The molecule has 24 heavy (non-hydrogen) atoms. The number of carbonyl (C=O) groups excluding carboxylic acids is 1. The number of rotatable bonds is 6. The average molecular weight is 393 g/mol. The van der Waals surface area contributed by atoms with Crippen molar-refractivity contribution in [2.75, 3.05) is 25.1 Å². The predicted octanol–water partition coefficient (Wildman–Crippen LogP) is 2.21. The first-order valence-electron chi connectivity index (χ1n) is 8.07. The van der Waals surface area contributed by atoms with Crippen LogP contribution in [-0.2, 0) is 22.5 Å². The van der Waals surface area contributed by atoms with Crippen LogP contribution in [0.5, 0.6) is 0 Å². The summed E-state index contributed by atoms with van der Waals surface area (Å²) in [7, 11) is 0. The summed E-state index contributed by atoms with van der Waals surface area (Å²) in [6.45, 7) is 2.94. The van der Waals surface area contributed by atoms with Gasteiger partial charge in [-0.05, 0) is 40.0 Å². The van der Waals surface area contributed by atoms with Crippen LogP contribution in [-0.4, -0.2) is 41.5 Å². The molecule has 1 atom stereocenters. The number of aromatic nitrogens is 2. The van der Waals surface area contributed by atoms with Gasteiger partial charge in [0.25, 0.3) is 0 Å². The third-order valence-corrected chi connectivity index (χ3v) is 4.31. The predicted molar refractivity (Wildman–Crippen MR) is 95.9 cm³/mol. The van der Waals surface area contributed by atoms with E-state index < -0.39 is 0 Å². The van der Waals surface area contributed by atoms with Gasteiger partial charge >= 0.3 is 0 Å². The van der Waals surface area contributed by atoms with E-state index in [4.69, 9.17) is 4.74 Å². The lowest BCUT2D eigenvalue weighted by atomic mass is 10.1. The number of amides is 1. The molecule has 1 amide bonds. The van der Waals surface area contributed by atoms with Crippen molar-refractivity contribution in [3.63, 3.8) is 0 Å². The van der Waals surface area contributed by atoms with E-state index in [0.717, 1.165) is 36.3 Å². The first-order valence-corrected chi connectivity index (χ1v) is 8.86. The highest BCUT2D eigenvalue weighted by molar-refractivity contribution is 9.10. The van der Waals surface area contributed by atoms with E-state index >= 15 is 0 Å². The molecule has 0 saturated carbocycles. The highest BCUT2D eigenvalue weighted by Gasteiger charge is 2.16. The van der Waals surface area contributed by atoms with Gasteiger partial charge in [0.1, 0.15) is 0 Å². The Kier molecular flexibility index (Phi) is 6.01. The van der Waals surface area contributed by atoms with Crippen molar-refractivity contribution in [3.05, 3.63) is 46.7 Å². The molecule has 1 aliphatic rings. The number of anilines is 1. The molecule has 0 aliphatic carbocycles. The van der Waals surface area contributed by atoms with Gasteiger partial charge < -0.3 is 15.4 Å². The topological polar surface area (TPSA) is 68.2 Å². The van der Waals surface area contributed by atoms with Crippen molar-refractivity contribution in [1.82, 2.24) is 15.1 Å². The van der Waals surface area contributed by atoms with E-state index in [0.29, 0.717) is 13.0 Å². The number of hydrogen-bond acceptors (Lipinski definition) is 4. The van der Waals surface area contributed by atoms with E-state index in [-0.39, 0.29) is 11.9 Å².